The van der Waals surface area contributed by atoms with Crippen molar-refractivity contribution >= 4 is 35.1 Å². The van der Waals surface area contributed by atoms with Gasteiger partial charge in [-0.15, -0.1) is 0 Å². The fourth-order valence-corrected chi connectivity index (χ4v) is 5.69. The zero-order valence-electron chi connectivity index (χ0n) is 26.9. The maximum absolute atomic E-state index is 13.7. The number of carbonyl (C=O) groups is 4. The lowest BCUT2D eigenvalue weighted by molar-refractivity contribution is -0.111. The fourth-order valence-electron chi connectivity index (χ4n) is 5.69. The molecule has 2 aliphatic heterocycles. The number of hydrogen-bond acceptors (Lipinski definition) is 7. The van der Waals surface area contributed by atoms with Crippen LogP contribution in [0.25, 0.3) is 0 Å². The third kappa shape index (κ3) is 7.51. The zero-order chi connectivity index (χ0) is 33.7. The summed E-state index contributed by atoms with van der Waals surface area (Å²) in [4.78, 5) is 55.2. The molecule has 5 rings (SSSR count). The van der Waals surface area contributed by atoms with Crippen molar-refractivity contribution in [2.24, 2.45) is 0 Å². The van der Waals surface area contributed by atoms with Crippen molar-refractivity contribution in [3.05, 3.63) is 119 Å². The molecule has 2 heterocycles. The van der Waals surface area contributed by atoms with E-state index in [1.807, 2.05) is 63.2 Å². The van der Waals surface area contributed by atoms with Crippen molar-refractivity contribution in [1.29, 1.82) is 0 Å². The van der Waals surface area contributed by atoms with Crippen LogP contribution in [0.4, 0.5) is 16.2 Å². The number of likely N-dealkylation sites (N-methyl/N-ethyl adjacent to an activating group) is 1. The van der Waals surface area contributed by atoms with Crippen LogP contribution in [0.15, 0.2) is 103 Å². The molecule has 12 nitrogen and oxygen atoms in total. The van der Waals surface area contributed by atoms with E-state index in [1.54, 1.807) is 53.4 Å². The molecule has 0 fully saturated rings. The summed E-state index contributed by atoms with van der Waals surface area (Å²) in [5, 5.41) is 11.7. The first-order valence-corrected chi connectivity index (χ1v) is 15.2. The first-order valence-electron chi connectivity index (χ1n) is 15.2. The monoisotopic (exact) mass is 636 g/mol. The highest BCUT2D eigenvalue weighted by atomic mass is 16.2. The van der Waals surface area contributed by atoms with Gasteiger partial charge < -0.3 is 36.5 Å². The van der Waals surface area contributed by atoms with E-state index < -0.39 is 11.7 Å². The summed E-state index contributed by atoms with van der Waals surface area (Å²) in [6, 6.07) is 22.5. The smallest absolute Gasteiger partial charge is 0.318 e. The minimum atomic E-state index is -0.662. The van der Waals surface area contributed by atoms with E-state index >= 15 is 0 Å². The lowest BCUT2D eigenvalue weighted by Crippen LogP contribution is -2.56. The highest BCUT2D eigenvalue weighted by Gasteiger charge is 2.48. The van der Waals surface area contributed by atoms with Gasteiger partial charge in [-0.05, 0) is 82.0 Å². The van der Waals surface area contributed by atoms with E-state index in [0.29, 0.717) is 35.6 Å². The summed E-state index contributed by atoms with van der Waals surface area (Å²) in [7, 11) is 3.94. The maximum atomic E-state index is 13.7. The molecule has 0 saturated heterocycles. The van der Waals surface area contributed by atoms with E-state index in [4.69, 9.17) is 0 Å². The van der Waals surface area contributed by atoms with Gasteiger partial charge in [0.05, 0.1) is 17.3 Å². The Hall–Kier alpha value is -5.46. The molecular weight excluding hydrogens is 596 g/mol. The Bertz CT molecular complexity index is 1700. The minimum absolute atomic E-state index is 0.202. The van der Waals surface area contributed by atoms with Crippen LogP contribution in [0.5, 0.6) is 0 Å². The quantitative estimate of drug-likeness (QED) is 0.187. The number of hydrazine groups is 1. The van der Waals surface area contributed by atoms with Crippen molar-refractivity contribution < 1.29 is 19.2 Å². The topological polar surface area (TPSA) is 147 Å². The molecule has 0 aliphatic carbocycles. The van der Waals surface area contributed by atoms with Gasteiger partial charge in [0.25, 0.3) is 11.8 Å². The maximum Gasteiger partial charge on any atom is 0.318 e. The SMILES string of the molecule is C=CC(=O)Nc1ccc(C(=O)Nc2cccc(C(=O)NC3NNC4=C3CN(C(=O)N[C@H](CN(C)C)c3ccccc3)C4(C)C)c2)cc1. The Morgan fingerprint density at radius 2 is 1.66 bits per heavy atom. The van der Waals surface area contributed by atoms with Crippen LogP contribution in [0.3, 0.4) is 0 Å². The van der Waals surface area contributed by atoms with Crippen molar-refractivity contribution in [1.82, 2.24) is 31.3 Å². The summed E-state index contributed by atoms with van der Waals surface area (Å²) in [5.41, 5.74) is 10.1. The summed E-state index contributed by atoms with van der Waals surface area (Å²) >= 11 is 0. The van der Waals surface area contributed by atoms with Crippen LogP contribution in [0.1, 0.15) is 46.2 Å². The van der Waals surface area contributed by atoms with Crippen LogP contribution in [0.2, 0.25) is 0 Å². The zero-order valence-corrected chi connectivity index (χ0v) is 26.9. The van der Waals surface area contributed by atoms with Gasteiger partial charge in [0.1, 0.15) is 6.17 Å². The first kappa shape index (κ1) is 32.9. The Morgan fingerprint density at radius 3 is 2.34 bits per heavy atom. The van der Waals surface area contributed by atoms with Crippen molar-refractivity contribution in [2.75, 3.05) is 37.8 Å². The van der Waals surface area contributed by atoms with Crippen molar-refractivity contribution in [2.45, 2.75) is 31.6 Å². The van der Waals surface area contributed by atoms with E-state index in [1.165, 1.54) is 0 Å². The predicted molar refractivity (Wildman–Crippen MR) is 181 cm³/mol. The number of carbonyl (C=O) groups excluding carboxylic acids is 4. The van der Waals surface area contributed by atoms with Crippen LogP contribution >= 0.6 is 0 Å². The summed E-state index contributed by atoms with van der Waals surface area (Å²) in [6.45, 7) is 8.30. The fraction of sp³-hybridized carbons (Fsp3) is 0.257. The van der Waals surface area contributed by atoms with Crippen molar-refractivity contribution in [3.63, 3.8) is 0 Å². The van der Waals surface area contributed by atoms with Crippen molar-refractivity contribution in [3.8, 4) is 0 Å². The third-order valence-corrected chi connectivity index (χ3v) is 8.18. The molecule has 2 aliphatic rings. The number of amides is 5. The molecule has 0 bridgehead atoms. The molecule has 12 heteroatoms. The highest BCUT2D eigenvalue weighted by molar-refractivity contribution is 6.06. The lowest BCUT2D eigenvalue weighted by Gasteiger charge is -2.36. The van der Waals surface area contributed by atoms with Crippen LogP contribution < -0.4 is 32.1 Å². The second-order valence-corrected chi connectivity index (χ2v) is 12.2. The number of benzene rings is 3. The Kier molecular flexibility index (Phi) is 9.73. The summed E-state index contributed by atoms with van der Waals surface area (Å²) in [6.07, 6.45) is 0.607. The molecule has 3 aromatic rings. The van der Waals surface area contributed by atoms with Crippen LogP contribution in [0, 0.1) is 0 Å². The van der Waals surface area contributed by atoms with E-state index in [-0.39, 0.29) is 29.8 Å². The molecule has 0 spiro atoms. The summed E-state index contributed by atoms with van der Waals surface area (Å²) in [5.74, 6) is -1.07. The second-order valence-electron chi connectivity index (χ2n) is 12.2. The largest absolute Gasteiger partial charge is 0.331 e. The number of nitrogens with one attached hydrogen (secondary N) is 6. The lowest BCUT2D eigenvalue weighted by atomic mass is 10.0. The molecule has 0 saturated carbocycles. The van der Waals surface area contributed by atoms with E-state index in [2.05, 4.69) is 38.7 Å². The van der Waals surface area contributed by atoms with E-state index in [9.17, 15) is 19.2 Å². The standard InChI is InChI=1S/C35H40N8O4/c1-6-29(44)36-25-17-15-23(16-18-25)32(45)37-26-14-10-13-24(19-26)33(46)39-31-27-20-43(35(2,3)30(27)40-41-31)34(47)38-28(21-42(4)5)22-11-8-7-9-12-22/h6-19,28,31,40-41H,1,20-21H2,2-5H3,(H,36,44)(H,37,45)(H,38,47)(H,39,46)/t28-,31?/m1/s1. The number of anilines is 2. The Balaban J connectivity index is 1.22. The molecule has 1 unspecified atom stereocenters. The number of nitrogens with zero attached hydrogens (tertiary/aromatic N) is 2. The molecule has 2 atom stereocenters. The highest BCUT2D eigenvalue weighted by Crippen LogP contribution is 2.36. The second kappa shape index (κ2) is 13.9. The van der Waals surface area contributed by atoms with Gasteiger partial charge >= 0.3 is 6.03 Å². The van der Waals surface area contributed by atoms with Crippen LogP contribution in [-0.4, -0.2) is 72.4 Å². The Morgan fingerprint density at radius 1 is 0.936 bits per heavy atom. The average Bonchev–Trinajstić information content (AvgIpc) is 3.58. The molecule has 3 aromatic carbocycles. The molecule has 0 radical (unpaired) electrons. The van der Waals surface area contributed by atoms with Gasteiger partial charge in [-0.2, -0.15) is 0 Å². The number of hydrogen-bond donors (Lipinski definition) is 6. The molecule has 0 aromatic heterocycles. The van der Waals surface area contributed by atoms with Gasteiger partial charge in [-0.1, -0.05) is 43.0 Å². The molecule has 6 N–H and O–H groups in total. The Labute approximate surface area is 274 Å². The number of urea groups is 1. The van der Waals surface area contributed by atoms with Gasteiger partial charge in [0, 0.05) is 41.2 Å². The molecule has 47 heavy (non-hydrogen) atoms. The molecular formula is C35H40N8O4. The minimum Gasteiger partial charge on any atom is -0.331 e. The summed E-state index contributed by atoms with van der Waals surface area (Å²) < 4.78 is 0. The predicted octanol–water partition coefficient (Wildman–Crippen LogP) is 3.59. The average molecular weight is 637 g/mol. The first-order chi connectivity index (χ1) is 22.5. The van der Waals surface area contributed by atoms with Gasteiger partial charge in [-0.25, -0.2) is 10.2 Å². The van der Waals surface area contributed by atoms with Gasteiger partial charge in [0.15, 0.2) is 0 Å². The molecule has 5 amide bonds. The molecule has 244 valence electrons. The normalized spacial score (nSPS) is 17.0. The number of rotatable bonds is 10. The van der Waals surface area contributed by atoms with E-state index in [0.717, 1.165) is 22.9 Å². The van der Waals surface area contributed by atoms with Crippen LogP contribution in [-0.2, 0) is 4.79 Å². The van der Waals surface area contributed by atoms with Gasteiger partial charge in [0.2, 0.25) is 5.91 Å². The van der Waals surface area contributed by atoms with Gasteiger partial charge in [-0.3, -0.25) is 14.4 Å². The third-order valence-electron chi connectivity index (χ3n) is 8.18.